The highest BCUT2D eigenvalue weighted by molar-refractivity contribution is 9.09. The second-order valence-electron chi connectivity index (χ2n) is 10.4. The van der Waals surface area contributed by atoms with Crippen molar-refractivity contribution in [1.29, 1.82) is 0 Å². The Bertz CT molecular complexity index is 948. The molecule has 3 heterocycles. The third-order valence-corrected chi connectivity index (χ3v) is 10.7. The van der Waals surface area contributed by atoms with Crippen LogP contribution in [-0.2, 0) is 20.9 Å². The highest BCUT2D eigenvalue weighted by atomic mass is 79.9. The van der Waals surface area contributed by atoms with E-state index in [2.05, 4.69) is 26.6 Å². The Balaban J connectivity index is 1.70. The first-order valence-electron chi connectivity index (χ1n) is 12.6. The number of nitrogens with zero attached hydrogens (tertiary/aromatic N) is 1. The third kappa shape index (κ3) is 4.76. The summed E-state index contributed by atoms with van der Waals surface area (Å²) < 4.78 is -0.699. The van der Waals surface area contributed by atoms with Crippen LogP contribution in [0.2, 0.25) is 0 Å². The van der Waals surface area contributed by atoms with Gasteiger partial charge in [-0.3, -0.25) is 14.4 Å². The van der Waals surface area contributed by atoms with E-state index in [1.165, 1.54) is 0 Å². The summed E-state index contributed by atoms with van der Waals surface area (Å²) in [6, 6.07) is 8.48. The summed E-state index contributed by atoms with van der Waals surface area (Å²) in [7, 11) is 0. The maximum Gasteiger partial charge on any atom is 0.244 e. The maximum absolute atomic E-state index is 14.1. The first-order chi connectivity index (χ1) is 16.7. The molecule has 3 aliphatic heterocycles. The largest absolute Gasteiger partial charge is 0.394 e. The number of rotatable bonds is 10. The normalized spacial score (nSPS) is 32.1. The number of likely N-dealkylation sites (tertiary alicyclic amines) is 1. The molecule has 3 fully saturated rings. The van der Waals surface area contributed by atoms with Crippen molar-refractivity contribution in [2.24, 2.45) is 17.8 Å². The van der Waals surface area contributed by atoms with Crippen LogP contribution in [0.25, 0.3) is 0 Å². The fourth-order valence-corrected chi connectivity index (χ4v) is 9.73. The molecule has 4 rings (SSSR count). The van der Waals surface area contributed by atoms with Crippen molar-refractivity contribution >= 4 is 45.4 Å². The number of thioether (sulfide) groups is 1. The summed E-state index contributed by atoms with van der Waals surface area (Å²) in [5.74, 6) is -1.32. The van der Waals surface area contributed by atoms with Crippen molar-refractivity contribution in [3.8, 4) is 0 Å². The molecule has 7 nitrogen and oxygen atoms in total. The van der Waals surface area contributed by atoms with E-state index in [-0.39, 0.29) is 40.3 Å². The zero-order chi connectivity index (χ0) is 25.3. The van der Waals surface area contributed by atoms with Crippen LogP contribution in [0.3, 0.4) is 0 Å². The Morgan fingerprint density at radius 3 is 2.57 bits per heavy atom. The molecule has 7 atom stereocenters. The van der Waals surface area contributed by atoms with Gasteiger partial charge in [-0.25, -0.2) is 0 Å². The quantitative estimate of drug-likeness (QED) is 0.379. The van der Waals surface area contributed by atoms with E-state index in [9.17, 15) is 19.5 Å². The van der Waals surface area contributed by atoms with Crippen LogP contribution in [0, 0.1) is 17.8 Å². The fourth-order valence-electron chi connectivity index (χ4n) is 6.13. The van der Waals surface area contributed by atoms with Gasteiger partial charge in [-0.1, -0.05) is 67.0 Å². The monoisotopic (exact) mass is 565 g/mol. The molecule has 1 aromatic rings. The highest BCUT2D eigenvalue weighted by Crippen LogP contribution is 2.68. The summed E-state index contributed by atoms with van der Waals surface area (Å²) >= 11 is 5.41. The van der Waals surface area contributed by atoms with E-state index >= 15 is 0 Å². The lowest BCUT2D eigenvalue weighted by molar-refractivity contribution is -0.143. The van der Waals surface area contributed by atoms with Gasteiger partial charge in [0.15, 0.2) is 0 Å². The molecule has 0 aliphatic carbocycles. The average molecular weight is 567 g/mol. The lowest BCUT2D eigenvalue weighted by Crippen LogP contribution is -2.57. The van der Waals surface area contributed by atoms with Crippen LogP contribution >= 0.6 is 27.7 Å². The molecule has 1 spiro atoms. The lowest BCUT2D eigenvalue weighted by atomic mass is 9.70. The molecule has 0 aromatic heterocycles. The minimum Gasteiger partial charge on any atom is -0.394 e. The smallest absolute Gasteiger partial charge is 0.244 e. The van der Waals surface area contributed by atoms with Crippen LogP contribution in [0.15, 0.2) is 30.3 Å². The van der Waals surface area contributed by atoms with Crippen LogP contribution in [0.1, 0.15) is 45.6 Å². The number of aliphatic hydroxyl groups excluding tert-OH is 1. The Hall–Kier alpha value is -1.58. The molecule has 1 aromatic carbocycles. The standard InChI is InChI=1S/C26H36BrN3O4S/c1-4-10-28-23(32)19-20-25(34)30(17(14-31)11-15(2)3)22(26(20)12-18(27)21(19)35-26)24(33)29-13-16-8-6-5-7-9-16/h5-9,15,17-22,31H,4,10-14H2,1-3H3,(H,28,32)(H,29,33)/t17-,18?,19-,20+,21-,22?,26?/m1/s1. The second kappa shape index (κ2) is 10.8. The number of benzene rings is 1. The summed E-state index contributed by atoms with van der Waals surface area (Å²) in [6.07, 6.45) is 2.04. The van der Waals surface area contributed by atoms with Crippen LogP contribution in [0.5, 0.6) is 0 Å². The average Bonchev–Trinajstić information content (AvgIpc) is 3.43. The van der Waals surface area contributed by atoms with Crippen molar-refractivity contribution in [2.75, 3.05) is 13.2 Å². The summed E-state index contributed by atoms with van der Waals surface area (Å²) in [5, 5.41) is 16.3. The molecule has 192 valence electrons. The molecule has 3 N–H and O–H groups in total. The lowest BCUT2D eigenvalue weighted by Gasteiger charge is -2.37. The molecule has 3 aliphatic rings. The van der Waals surface area contributed by atoms with E-state index in [0.29, 0.717) is 25.9 Å². The van der Waals surface area contributed by atoms with E-state index in [0.717, 1.165) is 12.0 Å². The van der Waals surface area contributed by atoms with E-state index in [1.807, 2.05) is 51.1 Å². The topological polar surface area (TPSA) is 98.7 Å². The predicted octanol–water partition coefficient (Wildman–Crippen LogP) is 2.70. The van der Waals surface area contributed by atoms with E-state index < -0.39 is 28.7 Å². The van der Waals surface area contributed by atoms with Gasteiger partial charge in [-0.05, 0) is 30.7 Å². The fraction of sp³-hybridized carbons (Fsp3) is 0.654. The van der Waals surface area contributed by atoms with Gasteiger partial charge >= 0.3 is 0 Å². The van der Waals surface area contributed by atoms with Gasteiger partial charge in [0.1, 0.15) is 6.04 Å². The molecule has 9 heteroatoms. The maximum atomic E-state index is 14.1. The van der Waals surface area contributed by atoms with Crippen molar-refractivity contribution < 1.29 is 19.5 Å². The number of halogens is 1. The van der Waals surface area contributed by atoms with Crippen molar-refractivity contribution in [1.82, 2.24) is 15.5 Å². The number of alkyl halides is 1. The van der Waals surface area contributed by atoms with Crippen molar-refractivity contribution in [3.05, 3.63) is 35.9 Å². The van der Waals surface area contributed by atoms with E-state index in [1.54, 1.807) is 16.7 Å². The van der Waals surface area contributed by atoms with Gasteiger partial charge in [0.25, 0.3) is 0 Å². The first-order valence-corrected chi connectivity index (χ1v) is 14.4. The highest BCUT2D eigenvalue weighted by Gasteiger charge is 2.76. The number of carbonyl (C=O) groups is 3. The number of hydrogen-bond donors (Lipinski definition) is 3. The van der Waals surface area contributed by atoms with Crippen LogP contribution < -0.4 is 10.6 Å². The van der Waals surface area contributed by atoms with Gasteiger partial charge in [0, 0.05) is 23.2 Å². The predicted molar refractivity (Wildman–Crippen MR) is 141 cm³/mol. The minimum atomic E-state index is -0.737. The molecule has 3 saturated heterocycles. The summed E-state index contributed by atoms with van der Waals surface area (Å²) in [4.78, 5) is 42.9. The van der Waals surface area contributed by atoms with Gasteiger partial charge in [0.05, 0.1) is 29.2 Å². The molecule has 35 heavy (non-hydrogen) atoms. The van der Waals surface area contributed by atoms with Gasteiger partial charge in [-0.15, -0.1) is 11.8 Å². The van der Waals surface area contributed by atoms with Crippen molar-refractivity contribution in [3.63, 3.8) is 0 Å². The second-order valence-corrected chi connectivity index (χ2v) is 13.1. The number of carbonyl (C=O) groups excluding carboxylic acids is 3. The summed E-state index contributed by atoms with van der Waals surface area (Å²) in [5.41, 5.74) is 0.977. The Morgan fingerprint density at radius 2 is 1.94 bits per heavy atom. The third-order valence-electron chi connectivity index (χ3n) is 7.48. The minimum absolute atomic E-state index is 0.0379. The molecule has 3 unspecified atom stereocenters. The first kappa shape index (κ1) is 26.5. The molecular weight excluding hydrogens is 530 g/mol. The Morgan fingerprint density at radius 1 is 1.23 bits per heavy atom. The van der Waals surface area contributed by atoms with Crippen LogP contribution in [-0.4, -0.2) is 67.8 Å². The molecule has 3 amide bonds. The van der Waals surface area contributed by atoms with Gasteiger partial charge in [-0.2, -0.15) is 0 Å². The molecule has 0 saturated carbocycles. The Labute approximate surface area is 220 Å². The molecular formula is C26H36BrN3O4S. The zero-order valence-electron chi connectivity index (χ0n) is 20.6. The zero-order valence-corrected chi connectivity index (χ0v) is 23.0. The number of amides is 3. The van der Waals surface area contributed by atoms with Gasteiger partial charge < -0.3 is 20.6 Å². The van der Waals surface area contributed by atoms with Crippen molar-refractivity contribution in [2.45, 2.75) is 73.5 Å². The van der Waals surface area contributed by atoms with E-state index in [4.69, 9.17) is 0 Å². The number of aliphatic hydroxyl groups is 1. The Kier molecular flexibility index (Phi) is 8.18. The van der Waals surface area contributed by atoms with Crippen LogP contribution in [0.4, 0.5) is 0 Å². The SMILES string of the molecule is CCCNC(=O)[C@H]1[C@@H]2SC3(CC2Br)C(C(=O)NCc2ccccc2)N([C@@H](CO)CC(C)C)C(=O)[C@H]13. The number of fused-ring (bicyclic) bond motifs is 1. The summed E-state index contributed by atoms with van der Waals surface area (Å²) in [6.45, 7) is 6.79. The molecule has 0 radical (unpaired) electrons. The number of nitrogens with one attached hydrogen (secondary N) is 2. The number of hydrogen-bond acceptors (Lipinski definition) is 5. The molecule has 2 bridgehead atoms. The van der Waals surface area contributed by atoms with Gasteiger partial charge in [0.2, 0.25) is 17.7 Å².